The molecule has 2 aliphatic carbocycles. The second-order valence-electron chi connectivity index (χ2n) is 6.80. The summed E-state index contributed by atoms with van der Waals surface area (Å²) in [7, 11) is 0. The predicted molar refractivity (Wildman–Crippen MR) is 95.7 cm³/mol. The Kier molecular flexibility index (Phi) is 4.32. The highest BCUT2D eigenvalue weighted by atomic mass is 16.5. The monoisotopic (exact) mass is 338 g/mol. The average Bonchev–Trinajstić information content (AvgIpc) is 3.39. The Balaban J connectivity index is 1.42. The molecule has 25 heavy (non-hydrogen) atoms. The Hall–Kier alpha value is -2.53. The average molecular weight is 338 g/mol. The van der Waals surface area contributed by atoms with E-state index in [9.17, 15) is 9.90 Å². The second kappa shape index (κ2) is 6.76. The minimum Gasteiger partial charge on any atom is -0.491 e. The molecule has 4 rings (SSSR count). The fourth-order valence-electron chi connectivity index (χ4n) is 3.24. The third-order valence-corrected chi connectivity index (χ3v) is 4.80. The number of carbonyl (C=O) groups is 1. The Labute approximate surface area is 147 Å². The number of rotatable bonds is 5. The highest BCUT2D eigenvalue weighted by Gasteiger charge is 2.32. The van der Waals surface area contributed by atoms with Gasteiger partial charge in [-0.05, 0) is 42.0 Å². The first-order valence-corrected chi connectivity index (χ1v) is 8.76. The molecule has 0 aliphatic heterocycles. The van der Waals surface area contributed by atoms with Crippen LogP contribution in [-0.4, -0.2) is 23.8 Å². The van der Waals surface area contributed by atoms with E-state index < -0.39 is 12.1 Å². The first-order valence-electron chi connectivity index (χ1n) is 8.76. The summed E-state index contributed by atoms with van der Waals surface area (Å²) in [4.78, 5) is 12.4. The van der Waals surface area contributed by atoms with E-state index in [-0.39, 0.29) is 6.03 Å². The molecule has 1 fully saturated rings. The molecule has 3 N–H and O–H groups in total. The van der Waals surface area contributed by atoms with Crippen molar-refractivity contribution < 1.29 is 14.6 Å². The summed E-state index contributed by atoms with van der Waals surface area (Å²) >= 11 is 0. The normalized spacial score (nSPS) is 21.5. The fourth-order valence-corrected chi connectivity index (χ4v) is 3.24. The number of nitrogens with one attached hydrogen (secondary N) is 2. The van der Waals surface area contributed by atoms with Crippen LogP contribution in [0.2, 0.25) is 0 Å². The van der Waals surface area contributed by atoms with E-state index in [0.717, 1.165) is 11.1 Å². The van der Waals surface area contributed by atoms with Crippen LogP contribution >= 0.6 is 0 Å². The lowest BCUT2D eigenvalue weighted by atomic mass is 10.1. The standard InChI is InChI=1S/C20H22N2O3/c23-17-11-14-5-1-2-6-15(14)19(17)22-20(24)21-16-7-3-4-8-18(16)25-12-13-9-10-13/h1-8,13,17,19,23H,9-12H2,(H2,21,22,24)/t17-,19+/m0/s1. The van der Waals surface area contributed by atoms with Crippen LogP contribution in [-0.2, 0) is 6.42 Å². The van der Waals surface area contributed by atoms with Gasteiger partial charge >= 0.3 is 6.03 Å². The molecule has 0 radical (unpaired) electrons. The predicted octanol–water partition coefficient (Wildman–Crippen LogP) is 3.26. The molecule has 0 saturated heterocycles. The van der Waals surface area contributed by atoms with Gasteiger partial charge in [-0.1, -0.05) is 36.4 Å². The van der Waals surface area contributed by atoms with E-state index in [0.29, 0.717) is 30.4 Å². The lowest BCUT2D eigenvalue weighted by Crippen LogP contribution is -2.36. The second-order valence-corrected chi connectivity index (χ2v) is 6.80. The van der Waals surface area contributed by atoms with Gasteiger partial charge in [-0.2, -0.15) is 0 Å². The molecule has 0 heterocycles. The number of amides is 2. The van der Waals surface area contributed by atoms with Crippen molar-refractivity contribution in [3.63, 3.8) is 0 Å². The number of hydrogen-bond acceptors (Lipinski definition) is 3. The summed E-state index contributed by atoms with van der Waals surface area (Å²) < 4.78 is 5.82. The van der Waals surface area contributed by atoms with Gasteiger partial charge in [0.25, 0.3) is 0 Å². The van der Waals surface area contributed by atoms with E-state index in [2.05, 4.69) is 10.6 Å². The Morgan fingerprint density at radius 3 is 2.72 bits per heavy atom. The van der Waals surface area contributed by atoms with Crippen molar-refractivity contribution in [2.75, 3.05) is 11.9 Å². The van der Waals surface area contributed by atoms with Gasteiger partial charge in [-0.15, -0.1) is 0 Å². The summed E-state index contributed by atoms with van der Waals surface area (Å²) in [6, 6.07) is 14.5. The zero-order valence-corrected chi connectivity index (χ0v) is 13.9. The molecule has 0 aromatic heterocycles. The zero-order chi connectivity index (χ0) is 17.2. The maximum atomic E-state index is 12.4. The maximum Gasteiger partial charge on any atom is 0.319 e. The number of urea groups is 1. The molecule has 5 heteroatoms. The number of aliphatic hydroxyl groups excluding tert-OH is 1. The summed E-state index contributed by atoms with van der Waals surface area (Å²) in [6.07, 6.45) is 2.39. The van der Waals surface area contributed by atoms with Gasteiger partial charge in [-0.3, -0.25) is 0 Å². The number of para-hydroxylation sites is 2. The summed E-state index contributed by atoms with van der Waals surface area (Å²) in [5.74, 6) is 1.32. The van der Waals surface area contributed by atoms with Gasteiger partial charge in [0.05, 0.1) is 24.4 Å². The number of benzene rings is 2. The van der Waals surface area contributed by atoms with Crippen LogP contribution in [0.15, 0.2) is 48.5 Å². The number of ether oxygens (including phenoxy) is 1. The Morgan fingerprint density at radius 1 is 1.12 bits per heavy atom. The molecule has 2 aromatic rings. The number of hydrogen-bond donors (Lipinski definition) is 3. The number of carbonyl (C=O) groups excluding carboxylic acids is 1. The van der Waals surface area contributed by atoms with Crippen LogP contribution in [0.4, 0.5) is 10.5 Å². The van der Waals surface area contributed by atoms with Crippen molar-refractivity contribution in [3.8, 4) is 5.75 Å². The number of aliphatic hydroxyl groups is 1. The van der Waals surface area contributed by atoms with Crippen LogP contribution in [0.3, 0.4) is 0 Å². The van der Waals surface area contributed by atoms with Gasteiger partial charge in [-0.25, -0.2) is 4.79 Å². The highest BCUT2D eigenvalue weighted by molar-refractivity contribution is 5.91. The molecule has 130 valence electrons. The van der Waals surface area contributed by atoms with E-state index >= 15 is 0 Å². The van der Waals surface area contributed by atoms with E-state index in [1.165, 1.54) is 12.8 Å². The van der Waals surface area contributed by atoms with Crippen LogP contribution in [0.25, 0.3) is 0 Å². The third-order valence-electron chi connectivity index (χ3n) is 4.80. The van der Waals surface area contributed by atoms with Crippen molar-refractivity contribution >= 4 is 11.7 Å². The zero-order valence-electron chi connectivity index (χ0n) is 13.9. The molecular weight excluding hydrogens is 316 g/mol. The van der Waals surface area contributed by atoms with Gasteiger partial charge in [0.2, 0.25) is 0 Å². The van der Waals surface area contributed by atoms with E-state index in [4.69, 9.17) is 4.74 Å². The molecule has 5 nitrogen and oxygen atoms in total. The first kappa shape index (κ1) is 16.0. The van der Waals surface area contributed by atoms with Gasteiger partial charge in [0.1, 0.15) is 5.75 Å². The molecule has 1 saturated carbocycles. The quantitative estimate of drug-likeness (QED) is 0.784. The molecule has 0 unspecified atom stereocenters. The Bertz CT molecular complexity index is 773. The number of fused-ring (bicyclic) bond motifs is 1. The first-order chi connectivity index (χ1) is 12.2. The topological polar surface area (TPSA) is 70.6 Å². The van der Waals surface area contributed by atoms with Gasteiger partial charge < -0.3 is 20.5 Å². The molecule has 2 aromatic carbocycles. The van der Waals surface area contributed by atoms with Crippen LogP contribution in [0, 0.1) is 5.92 Å². The summed E-state index contributed by atoms with van der Waals surface area (Å²) in [6.45, 7) is 0.690. The smallest absolute Gasteiger partial charge is 0.319 e. The third kappa shape index (κ3) is 3.61. The van der Waals surface area contributed by atoms with Crippen LogP contribution in [0.1, 0.15) is 30.0 Å². The molecular formula is C20H22N2O3. The van der Waals surface area contributed by atoms with Crippen molar-refractivity contribution in [3.05, 3.63) is 59.7 Å². The largest absolute Gasteiger partial charge is 0.491 e. The molecule has 0 spiro atoms. The molecule has 2 amide bonds. The summed E-state index contributed by atoms with van der Waals surface area (Å²) in [5.41, 5.74) is 2.69. The molecule has 0 bridgehead atoms. The van der Waals surface area contributed by atoms with Crippen molar-refractivity contribution in [2.45, 2.75) is 31.4 Å². The Morgan fingerprint density at radius 2 is 1.88 bits per heavy atom. The van der Waals surface area contributed by atoms with Crippen molar-refractivity contribution in [1.82, 2.24) is 5.32 Å². The maximum absolute atomic E-state index is 12.4. The minimum atomic E-state index is -0.607. The molecule has 2 aliphatic rings. The number of anilines is 1. The van der Waals surface area contributed by atoms with E-state index in [1.807, 2.05) is 48.5 Å². The van der Waals surface area contributed by atoms with Crippen LogP contribution in [0.5, 0.6) is 5.75 Å². The van der Waals surface area contributed by atoms with Gasteiger partial charge in [0, 0.05) is 6.42 Å². The fraction of sp³-hybridized carbons (Fsp3) is 0.350. The van der Waals surface area contributed by atoms with Crippen LogP contribution < -0.4 is 15.4 Å². The van der Waals surface area contributed by atoms with Crippen molar-refractivity contribution in [2.24, 2.45) is 5.92 Å². The lowest BCUT2D eigenvalue weighted by molar-refractivity contribution is 0.144. The minimum absolute atomic E-state index is 0.344. The van der Waals surface area contributed by atoms with E-state index in [1.54, 1.807) is 0 Å². The van der Waals surface area contributed by atoms with Gasteiger partial charge in [0.15, 0.2) is 0 Å². The molecule has 2 atom stereocenters. The summed E-state index contributed by atoms with van der Waals surface area (Å²) in [5, 5.41) is 16.0. The lowest BCUT2D eigenvalue weighted by Gasteiger charge is -2.19. The van der Waals surface area contributed by atoms with Crippen molar-refractivity contribution in [1.29, 1.82) is 0 Å². The highest BCUT2D eigenvalue weighted by Crippen LogP contribution is 2.33. The SMILES string of the molecule is O=C(Nc1ccccc1OCC1CC1)N[C@@H]1c2ccccc2C[C@@H]1O.